The molecule has 1 fully saturated rings. The second-order valence-corrected chi connectivity index (χ2v) is 9.20. The average molecular weight is 495 g/mol. The van der Waals surface area contributed by atoms with Crippen LogP contribution in [0.1, 0.15) is 36.8 Å². The third kappa shape index (κ3) is 6.18. The van der Waals surface area contributed by atoms with Gasteiger partial charge in [-0.05, 0) is 49.1 Å². The van der Waals surface area contributed by atoms with Gasteiger partial charge in [0.05, 0.1) is 30.3 Å². The van der Waals surface area contributed by atoms with Crippen LogP contribution in [0.2, 0.25) is 0 Å². The molecule has 2 aromatic carbocycles. The van der Waals surface area contributed by atoms with Gasteiger partial charge in [0.2, 0.25) is 11.8 Å². The van der Waals surface area contributed by atoms with Crippen LogP contribution >= 0.6 is 0 Å². The topological polar surface area (TPSA) is 80.1 Å². The first-order chi connectivity index (χ1) is 17.5. The molecule has 0 atom stereocenters. The summed E-state index contributed by atoms with van der Waals surface area (Å²) in [5.74, 6) is -0.727. The van der Waals surface area contributed by atoms with E-state index in [-0.39, 0.29) is 48.6 Å². The van der Waals surface area contributed by atoms with Gasteiger partial charge in [0.25, 0.3) is 0 Å². The summed E-state index contributed by atoms with van der Waals surface area (Å²) in [5, 5.41) is 0.436. The number of para-hydroxylation sites is 1. The standard InChI is InChI=1S/C28H31FN2O5/c1-35-15-5-14-30(28(34)21-6-4-7-21)18-26(32)31(16-20-10-12-23(29)13-11-20)17-22-19-36-25-9-3-2-8-24(25)27(22)33/h2-3,8-13,19,21H,4-7,14-18H2,1H3. The molecule has 1 aliphatic carbocycles. The Morgan fingerprint density at radius 2 is 1.81 bits per heavy atom. The molecule has 3 aromatic rings. The van der Waals surface area contributed by atoms with Gasteiger partial charge in [-0.3, -0.25) is 14.4 Å². The van der Waals surface area contributed by atoms with Crippen molar-refractivity contribution in [3.05, 3.63) is 82.0 Å². The van der Waals surface area contributed by atoms with Gasteiger partial charge in [-0.2, -0.15) is 0 Å². The molecule has 2 amide bonds. The Morgan fingerprint density at radius 3 is 2.50 bits per heavy atom. The minimum atomic E-state index is -0.373. The molecule has 190 valence electrons. The molecule has 0 aliphatic heterocycles. The van der Waals surface area contributed by atoms with Crippen molar-refractivity contribution in [2.45, 2.75) is 38.8 Å². The summed E-state index contributed by atoms with van der Waals surface area (Å²) in [7, 11) is 1.60. The second kappa shape index (κ2) is 11.9. The Hall–Kier alpha value is -3.52. The molecular formula is C28H31FN2O5. The van der Waals surface area contributed by atoms with Crippen molar-refractivity contribution in [1.82, 2.24) is 9.80 Å². The fourth-order valence-electron chi connectivity index (χ4n) is 4.32. The highest BCUT2D eigenvalue weighted by Gasteiger charge is 2.31. The number of hydrogen-bond donors (Lipinski definition) is 0. The summed E-state index contributed by atoms with van der Waals surface area (Å²) in [5.41, 5.74) is 1.31. The lowest BCUT2D eigenvalue weighted by atomic mass is 9.84. The van der Waals surface area contributed by atoms with E-state index in [0.717, 1.165) is 19.3 Å². The van der Waals surface area contributed by atoms with Crippen LogP contribution in [0.3, 0.4) is 0 Å². The van der Waals surface area contributed by atoms with E-state index in [4.69, 9.17) is 9.15 Å². The third-order valence-electron chi connectivity index (χ3n) is 6.62. The van der Waals surface area contributed by atoms with E-state index in [2.05, 4.69) is 0 Å². The summed E-state index contributed by atoms with van der Waals surface area (Å²) >= 11 is 0. The lowest BCUT2D eigenvalue weighted by Gasteiger charge is -2.33. The average Bonchev–Trinajstić information content (AvgIpc) is 2.85. The fraction of sp³-hybridized carbons (Fsp3) is 0.393. The van der Waals surface area contributed by atoms with Crippen LogP contribution in [0, 0.1) is 11.7 Å². The predicted molar refractivity (Wildman–Crippen MR) is 134 cm³/mol. The number of nitrogens with zero attached hydrogens (tertiary/aromatic N) is 2. The lowest BCUT2D eigenvalue weighted by Crippen LogP contribution is -2.46. The number of benzene rings is 2. The van der Waals surface area contributed by atoms with Crippen molar-refractivity contribution in [2.75, 3.05) is 26.8 Å². The Morgan fingerprint density at radius 1 is 1.06 bits per heavy atom. The Labute approximate surface area is 209 Å². The molecule has 1 aliphatic rings. The van der Waals surface area contributed by atoms with Gasteiger partial charge in [-0.15, -0.1) is 0 Å². The molecule has 8 heteroatoms. The van der Waals surface area contributed by atoms with Crippen LogP contribution in [0.5, 0.6) is 0 Å². The van der Waals surface area contributed by atoms with E-state index >= 15 is 0 Å². The molecule has 0 bridgehead atoms. The van der Waals surface area contributed by atoms with Gasteiger partial charge in [0.1, 0.15) is 11.4 Å². The van der Waals surface area contributed by atoms with Crippen molar-refractivity contribution in [2.24, 2.45) is 5.92 Å². The van der Waals surface area contributed by atoms with E-state index in [1.54, 1.807) is 48.4 Å². The third-order valence-corrected chi connectivity index (χ3v) is 6.62. The maximum Gasteiger partial charge on any atom is 0.242 e. The quantitative estimate of drug-likeness (QED) is 0.375. The molecule has 0 spiro atoms. The van der Waals surface area contributed by atoms with Crippen LogP contribution in [0.25, 0.3) is 11.0 Å². The lowest BCUT2D eigenvalue weighted by molar-refractivity contribution is -0.145. The van der Waals surface area contributed by atoms with Gasteiger partial charge in [0, 0.05) is 32.7 Å². The normalized spacial score (nSPS) is 13.4. The molecule has 1 heterocycles. The van der Waals surface area contributed by atoms with Gasteiger partial charge in [-0.25, -0.2) is 4.39 Å². The summed E-state index contributed by atoms with van der Waals surface area (Å²) in [6, 6.07) is 12.8. The second-order valence-electron chi connectivity index (χ2n) is 9.20. The Kier molecular flexibility index (Phi) is 8.48. The van der Waals surface area contributed by atoms with E-state index in [0.29, 0.717) is 41.7 Å². The van der Waals surface area contributed by atoms with Crippen LogP contribution in [0.15, 0.2) is 64.0 Å². The van der Waals surface area contributed by atoms with Crippen molar-refractivity contribution < 1.29 is 23.1 Å². The first kappa shape index (κ1) is 25.6. The van der Waals surface area contributed by atoms with Crippen molar-refractivity contribution in [3.8, 4) is 0 Å². The summed E-state index contributed by atoms with van der Waals surface area (Å²) in [4.78, 5) is 42.8. The Bertz CT molecular complexity index is 1250. The Balaban J connectivity index is 1.58. The number of halogens is 1. The van der Waals surface area contributed by atoms with Gasteiger partial charge >= 0.3 is 0 Å². The van der Waals surface area contributed by atoms with E-state index in [1.807, 2.05) is 0 Å². The smallest absolute Gasteiger partial charge is 0.242 e. The summed E-state index contributed by atoms with van der Waals surface area (Å²) in [6.45, 7) is 0.971. The zero-order chi connectivity index (χ0) is 25.5. The van der Waals surface area contributed by atoms with E-state index < -0.39 is 0 Å². The molecule has 1 saturated carbocycles. The molecule has 0 radical (unpaired) electrons. The van der Waals surface area contributed by atoms with Crippen molar-refractivity contribution in [3.63, 3.8) is 0 Å². The highest BCUT2D eigenvalue weighted by atomic mass is 19.1. The molecule has 0 unspecified atom stereocenters. The monoisotopic (exact) mass is 494 g/mol. The number of fused-ring (bicyclic) bond motifs is 1. The highest BCUT2D eigenvalue weighted by Crippen LogP contribution is 2.28. The molecule has 0 N–H and O–H groups in total. The SMILES string of the molecule is COCCCN(CC(=O)N(Cc1ccc(F)cc1)Cc1coc2ccccc2c1=O)C(=O)C1CCC1. The minimum absolute atomic E-state index is 0.00685. The number of methoxy groups -OCH3 is 1. The highest BCUT2D eigenvalue weighted by molar-refractivity contribution is 5.86. The number of amides is 2. The number of carbonyl (C=O) groups is 2. The number of rotatable bonds is 11. The molecule has 7 nitrogen and oxygen atoms in total. The predicted octanol–water partition coefficient (Wildman–Crippen LogP) is 4.13. The van der Waals surface area contributed by atoms with E-state index in [1.165, 1.54) is 23.3 Å². The van der Waals surface area contributed by atoms with Crippen LogP contribution in [-0.4, -0.2) is 48.4 Å². The van der Waals surface area contributed by atoms with Crippen molar-refractivity contribution in [1.29, 1.82) is 0 Å². The largest absolute Gasteiger partial charge is 0.464 e. The van der Waals surface area contributed by atoms with Crippen molar-refractivity contribution >= 4 is 22.8 Å². The minimum Gasteiger partial charge on any atom is -0.464 e. The van der Waals surface area contributed by atoms with Crippen LogP contribution < -0.4 is 5.43 Å². The number of hydrogen-bond acceptors (Lipinski definition) is 5. The number of carbonyl (C=O) groups excluding carboxylic acids is 2. The first-order valence-corrected chi connectivity index (χ1v) is 12.3. The van der Waals surface area contributed by atoms with Gasteiger partial charge < -0.3 is 19.0 Å². The number of ether oxygens (including phenoxy) is 1. The van der Waals surface area contributed by atoms with Crippen LogP contribution in [-0.2, 0) is 27.4 Å². The van der Waals surface area contributed by atoms with E-state index in [9.17, 15) is 18.8 Å². The van der Waals surface area contributed by atoms with Crippen LogP contribution in [0.4, 0.5) is 4.39 Å². The molecule has 4 rings (SSSR count). The maximum absolute atomic E-state index is 13.6. The maximum atomic E-state index is 13.6. The summed E-state index contributed by atoms with van der Waals surface area (Å²) < 4.78 is 24.2. The molecular weight excluding hydrogens is 463 g/mol. The molecule has 36 heavy (non-hydrogen) atoms. The first-order valence-electron chi connectivity index (χ1n) is 12.3. The van der Waals surface area contributed by atoms with Gasteiger partial charge in [-0.1, -0.05) is 30.7 Å². The molecule has 1 aromatic heterocycles. The molecule has 0 saturated heterocycles. The summed E-state index contributed by atoms with van der Waals surface area (Å²) in [6.07, 6.45) is 4.70. The zero-order valence-electron chi connectivity index (χ0n) is 20.5. The van der Waals surface area contributed by atoms with Gasteiger partial charge in [0.15, 0.2) is 5.43 Å². The zero-order valence-corrected chi connectivity index (χ0v) is 20.5. The fourth-order valence-corrected chi connectivity index (χ4v) is 4.32.